The van der Waals surface area contributed by atoms with Gasteiger partial charge in [0.2, 0.25) is 11.8 Å². The van der Waals surface area contributed by atoms with Crippen LogP contribution in [0.5, 0.6) is 0 Å². The molecule has 0 radical (unpaired) electrons. The quantitative estimate of drug-likeness (QED) is 0.206. The van der Waals surface area contributed by atoms with Gasteiger partial charge in [0, 0.05) is 29.2 Å². The summed E-state index contributed by atoms with van der Waals surface area (Å²) in [4.78, 5) is 53.5. The van der Waals surface area contributed by atoms with Gasteiger partial charge in [-0.1, -0.05) is 123 Å². The third-order valence-electron chi connectivity index (χ3n) is 7.84. The van der Waals surface area contributed by atoms with E-state index in [0.717, 1.165) is 5.56 Å². The molecule has 2 aromatic carbocycles. The maximum Gasteiger partial charge on any atom is 0.331 e. The molecule has 0 aromatic heterocycles. The predicted octanol–water partition coefficient (Wildman–Crippen LogP) is 5.85. The third kappa shape index (κ3) is 9.61. The highest BCUT2D eigenvalue weighted by Gasteiger charge is 2.41. The summed E-state index contributed by atoms with van der Waals surface area (Å²) in [6.07, 6.45) is 1.58. The van der Waals surface area contributed by atoms with Crippen molar-refractivity contribution in [2.75, 3.05) is 14.1 Å². The first-order chi connectivity index (χ1) is 20.4. The number of ketones is 1. The SMILES string of the molecule is CC.CN[C@H](C(=O)N[C@H](C(=O)N(C)[C@H](/C=C(\C)C(=O)O)C(C)C)C(C)(C)C)C(C)(C)c1ccc(C(=O)c2ccccc2)cc1. The molecular formula is C36H53N3O5. The van der Waals surface area contributed by atoms with Crippen molar-refractivity contribution in [2.45, 2.75) is 92.8 Å². The van der Waals surface area contributed by atoms with Gasteiger partial charge in [-0.2, -0.15) is 0 Å². The minimum atomic E-state index is -1.04. The zero-order chi connectivity index (χ0) is 34.0. The molecule has 0 saturated heterocycles. The summed E-state index contributed by atoms with van der Waals surface area (Å²) < 4.78 is 0. The van der Waals surface area contributed by atoms with E-state index in [1.165, 1.54) is 11.8 Å². The number of carbonyl (C=O) groups is 4. The topological polar surface area (TPSA) is 116 Å². The number of hydrogen-bond donors (Lipinski definition) is 3. The summed E-state index contributed by atoms with van der Waals surface area (Å²) in [6.45, 7) is 18.9. The van der Waals surface area contributed by atoms with Crippen molar-refractivity contribution in [3.63, 3.8) is 0 Å². The maximum atomic E-state index is 13.9. The van der Waals surface area contributed by atoms with Gasteiger partial charge in [-0.05, 0) is 30.9 Å². The van der Waals surface area contributed by atoms with Gasteiger partial charge in [-0.15, -0.1) is 0 Å². The molecule has 3 atom stereocenters. The molecule has 44 heavy (non-hydrogen) atoms. The van der Waals surface area contributed by atoms with E-state index in [2.05, 4.69) is 10.6 Å². The molecule has 0 fully saturated rings. The third-order valence-corrected chi connectivity index (χ3v) is 7.84. The second-order valence-corrected chi connectivity index (χ2v) is 12.9. The van der Waals surface area contributed by atoms with Crippen molar-refractivity contribution < 1.29 is 24.3 Å². The van der Waals surface area contributed by atoms with Gasteiger partial charge in [-0.25, -0.2) is 4.79 Å². The van der Waals surface area contributed by atoms with Gasteiger partial charge in [0.15, 0.2) is 5.78 Å². The number of benzene rings is 2. The Labute approximate surface area is 264 Å². The van der Waals surface area contributed by atoms with Crippen LogP contribution in [0.3, 0.4) is 0 Å². The number of hydrogen-bond acceptors (Lipinski definition) is 5. The lowest BCUT2D eigenvalue weighted by Gasteiger charge is -2.40. The van der Waals surface area contributed by atoms with Gasteiger partial charge in [0.1, 0.15) is 6.04 Å². The lowest BCUT2D eigenvalue weighted by molar-refractivity contribution is -0.141. The molecule has 2 amide bonds. The maximum absolute atomic E-state index is 13.9. The van der Waals surface area contributed by atoms with E-state index in [1.54, 1.807) is 44.4 Å². The van der Waals surface area contributed by atoms with E-state index in [4.69, 9.17) is 0 Å². The summed E-state index contributed by atoms with van der Waals surface area (Å²) >= 11 is 0. The Bertz CT molecular complexity index is 1290. The van der Waals surface area contributed by atoms with Crippen LogP contribution in [0.2, 0.25) is 0 Å². The van der Waals surface area contributed by atoms with E-state index in [0.29, 0.717) is 11.1 Å². The first-order valence-corrected chi connectivity index (χ1v) is 15.3. The van der Waals surface area contributed by atoms with Crippen molar-refractivity contribution in [3.8, 4) is 0 Å². The minimum Gasteiger partial charge on any atom is -0.478 e. The number of rotatable bonds is 12. The molecule has 0 unspecified atom stereocenters. The number of carboxylic acids is 1. The monoisotopic (exact) mass is 607 g/mol. The highest BCUT2D eigenvalue weighted by Crippen LogP contribution is 2.30. The number of likely N-dealkylation sites (N-methyl/N-ethyl adjacent to an activating group) is 2. The van der Waals surface area contributed by atoms with Crippen molar-refractivity contribution in [3.05, 3.63) is 82.9 Å². The molecule has 0 aliphatic carbocycles. The number of nitrogens with one attached hydrogen (secondary N) is 2. The molecule has 0 aliphatic heterocycles. The molecule has 0 aliphatic rings. The average Bonchev–Trinajstić information content (AvgIpc) is 2.98. The summed E-state index contributed by atoms with van der Waals surface area (Å²) in [6, 6.07) is 14.3. The number of amides is 2. The Morgan fingerprint density at radius 3 is 1.77 bits per heavy atom. The standard InChI is InChI=1S/C34H47N3O5.C2H6/c1-21(2)26(20-22(3)32(41)42)37(10)31(40)29(33(4,5)6)36-30(39)28(35-9)34(7,8)25-18-16-24(17-19-25)27(38)23-14-12-11-13-15-23;1-2/h11-21,26,28-29,35H,1-10H3,(H,36,39)(H,41,42);1-2H3/b22-20+;/t26-,28-,29-;/m1./s1. The molecule has 2 aromatic rings. The van der Waals surface area contributed by atoms with Crippen LogP contribution < -0.4 is 10.6 Å². The second kappa shape index (κ2) is 16.3. The van der Waals surface area contributed by atoms with Crippen molar-refractivity contribution in [1.82, 2.24) is 15.5 Å². The minimum absolute atomic E-state index is 0.0506. The van der Waals surface area contributed by atoms with E-state index in [9.17, 15) is 24.3 Å². The number of carbonyl (C=O) groups excluding carboxylic acids is 3. The van der Waals surface area contributed by atoms with Crippen molar-refractivity contribution >= 4 is 23.6 Å². The summed E-state index contributed by atoms with van der Waals surface area (Å²) in [5.74, 6) is -1.82. The highest BCUT2D eigenvalue weighted by atomic mass is 16.4. The molecule has 8 nitrogen and oxygen atoms in total. The van der Waals surface area contributed by atoms with Crippen molar-refractivity contribution in [1.29, 1.82) is 0 Å². The Morgan fingerprint density at radius 2 is 1.34 bits per heavy atom. The number of aliphatic carboxylic acids is 1. The first kappa shape index (κ1) is 38.2. The van der Waals surface area contributed by atoms with Crippen LogP contribution in [-0.2, 0) is 19.8 Å². The molecule has 8 heteroatoms. The van der Waals surface area contributed by atoms with Gasteiger partial charge >= 0.3 is 5.97 Å². The number of nitrogens with zero attached hydrogens (tertiary/aromatic N) is 1. The Balaban J connectivity index is 0.00000474. The van der Waals surface area contributed by atoms with E-state index < -0.39 is 34.9 Å². The molecule has 242 valence electrons. The first-order valence-electron chi connectivity index (χ1n) is 15.3. The largest absolute Gasteiger partial charge is 0.478 e. The summed E-state index contributed by atoms with van der Waals surface area (Å²) in [7, 11) is 3.34. The Kier molecular flexibility index (Phi) is 14.2. The van der Waals surface area contributed by atoms with E-state index >= 15 is 0 Å². The lowest BCUT2D eigenvalue weighted by Crippen LogP contribution is -2.61. The van der Waals surface area contributed by atoms with E-state index in [1.807, 2.05) is 92.6 Å². The Morgan fingerprint density at radius 1 is 0.841 bits per heavy atom. The predicted molar refractivity (Wildman–Crippen MR) is 178 cm³/mol. The zero-order valence-electron chi connectivity index (χ0n) is 28.6. The van der Waals surface area contributed by atoms with Crippen LogP contribution in [0.1, 0.15) is 90.7 Å². The van der Waals surface area contributed by atoms with Gasteiger partial charge in [0.05, 0.1) is 12.1 Å². The summed E-state index contributed by atoms with van der Waals surface area (Å²) in [5, 5.41) is 15.5. The van der Waals surface area contributed by atoms with Crippen molar-refractivity contribution in [2.24, 2.45) is 11.3 Å². The Hall–Kier alpha value is -3.78. The molecular weight excluding hydrogens is 554 g/mol. The van der Waals surface area contributed by atoms with Gasteiger partial charge in [0.25, 0.3) is 0 Å². The molecule has 0 saturated carbocycles. The van der Waals surface area contributed by atoms with Crippen LogP contribution in [0.4, 0.5) is 0 Å². The summed E-state index contributed by atoms with van der Waals surface area (Å²) in [5.41, 5.74) is 0.833. The molecule has 3 N–H and O–H groups in total. The fourth-order valence-corrected chi connectivity index (χ4v) is 5.10. The molecule has 0 bridgehead atoms. The van der Waals surface area contributed by atoms with Gasteiger partial charge < -0.3 is 20.6 Å². The molecule has 2 rings (SSSR count). The van der Waals surface area contributed by atoms with Crippen LogP contribution in [-0.4, -0.2) is 65.8 Å². The molecule has 0 heterocycles. The van der Waals surface area contributed by atoms with E-state index in [-0.39, 0.29) is 29.1 Å². The fraction of sp³-hybridized carbons (Fsp3) is 0.500. The highest BCUT2D eigenvalue weighted by molar-refractivity contribution is 6.09. The fourth-order valence-electron chi connectivity index (χ4n) is 5.10. The van der Waals surface area contributed by atoms with Crippen LogP contribution >= 0.6 is 0 Å². The lowest BCUT2D eigenvalue weighted by atomic mass is 9.76. The average molecular weight is 608 g/mol. The normalized spacial score (nSPS) is 14.1. The van der Waals surface area contributed by atoms with Crippen LogP contribution in [0, 0.1) is 11.3 Å². The van der Waals surface area contributed by atoms with Crippen LogP contribution in [0.15, 0.2) is 66.2 Å². The smallest absolute Gasteiger partial charge is 0.331 e. The molecule has 0 spiro atoms. The zero-order valence-corrected chi connectivity index (χ0v) is 28.6. The van der Waals surface area contributed by atoms with Crippen LogP contribution in [0.25, 0.3) is 0 Å². The number of carboxylic acid groups (broad SMARTS) is 1. The second-order valence-electron chi connectivity index (χ2n) is 12.9. The van der Waals surface area contributed by atoms with Gasteiger partial charge in [-0.3, -0.25) is 14.4 Å².